The van der Waals surface area contributed by atoms with Crippen molar-refractivity contribution < 1.29 is 4.74 Å². The third-order valence-corrected chi connectivity index (χ3v) is 4.98. The van der Waals surface area contributed by atoms with E-state index in [-0.39, 0.29) is 11.7 Å². The lowest BCUT2D eigenvalue weighted by Crippen LogP contribution is -2.34. The van der Waals surface area contributed by atoms with Gasteiger partial charge in [-0.2, -0.15) is 0 Å². The zero-order valence-electron chi connectivity index (χ0n) is 16.0. The van der Waals surface area contributed by atoms with E-state index in [0.717, 1.165) is 0 Å². The highest BCUT2D eigenvalue weighted by atomic mass is 16.5. The van der Waals surface area contributed by atoms with E-state index in [9.17, 15) is 0 Å². The molecule has 2 atom stereocenters. The van der Waals surface area contributed by atoms with Crippen molar-refractivity contribution in [1.29, 1.82) is 0 Å². The van der Waals surface area contributed by atoms with Crippen LogP contribution in [0.2, 0.25) is 0 Å². The lowest BCUT2D eigenvalue weighted by atomic mass is 9.85. The molecule has 2 rings (SSSR count). The molecular weight excluding hydrogens is 292 g/mol. The lowest BCUT2D eigenvalue weighted by molar-refractivity contribution is -0.101. The van der Waals surface area contributed by atoms with Crippen molar-refractivity contribution in [2.45, 2.75) is 59.7 Å². The largest absolute Gasteiger partial charge is 0.368 e. The second kappa shape index (κ2) is 7.98. The van der Waals surface area contributed by atoms with Crippen LogP contribution in [0.1, 0.15) is 59.6 Å². The number of hydrogen-bond donors (Lipinski definition) is 0. The van der Waals surface area contributed by atoms with E-state index < -0.39 is 0 Å². The van der Waals surface area contributed by atoms with Crippen LogP contribution in [0.25, 0.3) is 11.1 Å². The van der Waals surface area contributed by atoms with Gasteiger partial charge in [-0.3, -0.25) is 0 Å². The van der Waals surface area contributed by atoms with E-state index in [2.05, 4.69) is 90.1 Å². The SMILES string of the molecule is CC(C)CC(C)C(C)(C)OC(C)c1ccc(-c2ccccc2)cc1. The summed E-state index contributed by atoms with van der Waals surface area (Å²) < 4.78 is 6.43. The van der Waals surface area contributed by atoms with Crippen LogP contribution < -0.4 is 0 Å². The van der Waals surface area contributed by atoms with Crippen LogP contribution in [0.5, 0.6) is 0 Å². The zero-order valence-corrected chi connectivity index (χ0v) is 16.0. The van der Waals surface area contributed by atoms with Crippen molar-refractivity contribution in [2.24, 2.45) is 11.8 Å². The Morgan fingerprint density at radius 2 is 1.33 bits per heavy atom. The van der Waals surface area contributed by atoms with E-state index >= 15 is 0 Å². The molecule has 0 N–H and O–H groups in total. The molecule has 2 aromatic rings. The van der Waals surface area contributed by atoms with Crippen LogP contribution in [0.15, 0.2) is 54.6 Å². The summed E-state index contributed by atoms with van der Waals surface area (Å²) in [5.74, 6) is 1.23. The molecule has 0 spiro atoms. The summed E-state index contributed by atoms with van der Waals surface area (Å²) in [6.45, 7) is 13.4. The molecule has 0 bridgehead atoms. The predicted molar refractivity (Wildman–Crippen MR) is 104 cm³/mol. The highest BCUT2D eigenvalue weighted by Crippen LogP contribution is 2.33. The van der Waals surface area contributed by atoms with Gasteiger partial charge < -0.3 is 4.74 Å². The highest BCUT2D eigenvalue weighted by Gasteiger charge is 2.29. The first-order valence-corrected chi connectivity index (χ1v) is 9.13. The molecule has 0 radical (unpaired) electrons. The maximum absolute atomic E-state index is 6.43. The standard InChI is InChI=1S/C23H32O/c1-17(2)16-18(3)23(5,6)24-19(4)20-12-14-22(15-13-20)21-10-8-7-9-11-21/h7-15,17-19H,16H2,1-6H3. The van der Waals surface area contributed by atoms with Crippen LogP contribution in [-0.4, -0.2) is 5.60 Å². The van der Waals surface area contributed by atoms with Gasteiger partial charge in [-0.1, -0.05) is 75.4 Å². The van der Waals surface area contributed by atoms with E-state index in [4.69, 9.17) is 4.74 Å². The first-order valence-electron chi connectivity index (χ1n) is 9.13. The lowest BCUT2D eigenvalue weighted by Gasteiger charge is -2.36. The van der Waals surface area contributed by atoms with Gasteiger partial charge in [0.25, 0.3) is 0 Å². The summed E-state index contributed by atoms with van der Waals surface area (Å²) in [6, 6.07) is 19.3. The summed E-state index contributed by atoms with van der Waals surface area (Å²) in [4.78, 5) is 0. The van der Waals surface area contributed by atoms with Gasteiger partial charge in [0.2, 0.25) is 0 Å². The summed E-state index contributed by atoms with van der Waals surface area (Å²) in [7, 11) is 0. The molecule has 0 aliphatic rings. The van der Waals surface area contributed by atoms with Crippen molar-refractivity contribution >= 4 is 0 Å². The van der Waals surface area contributed by atoms with Gasteiger partial charge in [-0.25, -0.2) is 0 Å². The second-order valence-electron chi connectivity index (χ2n) is 7.88. The van der Waals surface area contributed by atoms with Gasteiger partial charge in [0.15, 0.2) is 0 Å². The average molecular weight is 325 g/mol. The van der Waals surface area contributed by atoms with Crippen molar-refractivity contribution in [3.05, 3.63) is 60.2 Å². The predicted octanol–water partition coefficient (Wildman–Crippen LogP) is 6.89. The van der Waals surface area contributed by atoms with E-state index in [1.807, 2.05) is 6.07 Å². The first kappa shape index (κ1) is 18.7. The monoisotopic (exact) mass is 324 g/mol. The fourth-order valence-corrected chi connectivity index (χ4v) is 3.21. The zero-order chi connectivity index (χ0) is 17.7. The fourth-order valence-electron chi connectivity index (χ4n) is 3.21. The molecule has 0 saturated heterocycles. The Morgan fingerprint density at radius 3 is 1.88 bits per heavy atom. The molecule has 2 unspecified atom stereocenters. The summed E-state index contributed by atoms with van der Waals surface area (Å²) in [5.41, 5.74) is 3.61. The van der Waals surface area contributed by atoms with Crippen LogP contribution in [0, 0.1) is 11.8 Å². The van der Waals surface area contributed by atoms with Gasteiger partial charge in [-0.15, -0.1) is 0 Å². The molecule has 0 heterocycles. The van der Waals surface area contributed by atoms with Crippen LogP contribution >= 0.6 is 0 Å². The first-order chi connectivity index (χ1) is 11.3. The molecule has 0 amide bonds. The third-order valence-electron chi connectivity index (χ3n) is 4.98. The summed E-state index contributed by atoms with van der Waals surface area (Å²) in [5, 5.41) is 0. The van der Waals surface area contributed by atoms with Gasteiger partial charge in [0.05, 0.1) is 11.7 Å². The molecule has 24 heavy (non-hydrogen) atoms. The Hall–Kier alpha value is -1.60. The quantitative estimate of drug-likeness (QED) is 0.538. The molecule has 0 fully saturated rings. The van der Waals surface area contributed by atoms with Crippen LogP contribution in [0.4, 0.5) is 0 Å². The van der Waals surface area contributed by atoms with Crippen molar-refractivity contribution in [1.82, 2.24) is 0 Å². The van der Waals surface area contributed by atoms with Gasteiger partial charge >= 0.3 is 0 Å². The summed E-state index contributed by atoms with van der Waals surface area (Å²) >= 11 is 0. The normalized spacial score (nSPS) is 14.6. The second-order valence-corrected chi connectivity index (χ2v) is 7.88. The number of ether oxygens (including phenoxy) is 1. The van der Waals surface area contributed by atoms with E-state index in [1.165, 1.54) is 23.1 Å². The molecule has 1 heteroatoms. The Kier molecular flexibility index (Phi) is 6.23. The number of rotatable bonds is 7. The van der Waals surface area contributed by atoms with Crippen molar-refractivity contribution in [3.8, 4) is 11.1 Å². The molecule has 0 aliphatic heterocycles. The fraction of sp³-hybridized carbons (Fsp3) is 0.478. The maximum Gasteiger partial charge on any atom is 0.0804 e. The molecule has 130 valence electrons. The van der Waals surface area contributed by atoms with Gasteiger partial charge in [-0.05, 0) is 55.7 Å². The minimum absolute atomic E-state index is 0.0967. The molecule has 0 saturated carbocycles. The molecular formula is C23H32O. The number of hydrogen-bond acceptors (Lipinski definition) is 1. The third kappa shape index (κ3) is 4.95. The topological polar surface area (TPSA) is 9.23 Å². The average Bonchev–Trinajstić information content (AvgIpc) is 2.55. The molecule has 1 nitrogen and oxygen atoms in total. The van der Waals surface area contributed by atoms with E-state index in [0.29, 0.717) is 11.8 Å². The van der Waals surface area contributed by atoms with Crippen molar-refractivity contribution in [3.63, 3.8) is 0 Å². The molecule has 0 aliphatic carbocycles. The maximum atomic E-state index is 6.43. The van der Waals surface area contributed by atoms with Crippen LogP contribution in [0.3, 0.4) is 0 Å². The Balaban J connectivity index is 2.06. The van der Waals surface area contributed by atoms with Gasteiger partial charge in [0.1, 0.15) is 0 Å². The Bertz CT molecular complexity index is 610. The Morgan fingerprint density at radius 1 is 0.792 bits per heavy atom. The van der Waals surface area contributed by atoms with Crippen molar-refractivity contribution in [2.75, 3.05) is 0 Å². The Labute approximate surface area is 148 Å². The highest BCUT2D eigenvalue weighted by molar-refractivity contribution is 5.63. The summed E-state index contributed by atoms with van der Waals surface area (Å²) in [6.07, 6.45) is 1.28. The minimum Gasteiger partial charge on any atom is -0.368 e. The number of benzene rings is 2. The van der Waals surface area contributed by atoms with Gasteiger partial charge in [0, 0.05) is 0 Å². The smallest absolute Gasteiger partial charge is 0.0804 e. The van der Waals surface area contributed by atoms with Crippen LogP contribution in [-0.2, 0) is 4.74 Å². The molecule has 0 aromatic heterocycles. The minimum atomic E-state index is -0.123. The molecule has 2 aromatic carbocycles. The van der Waals surface area contributed by atoms with E-state index in [1.54, 1.807) is 0 Å².